The molecular formula is C15H22BrN3O. The molecule has 1 aliphatic rings. The first-order valence-corrected chi connectivity index (χ1v) is 7.96. The van der Waals surface area contributed by atoms with Gasteiger partial charge in [-0.05, 0) is 72.9 Å². The van der Waals surface area contributed by atoms with Crippen LogP contribution in [-0.4, -0.2) is 32.1 Å². The second-order valence-electron chi connectivity index (χ2n) is 5.26. The molecule has 1 saturated heterocycles. The predicted molar refractivity (Wildman–Crippen MR) is 86.1 cm³/mol. The first-order valence-electron chi connectivity index (χ1n) is 7.16. The number of nitrogens with two attached hydrogens (primary N) is 1. The van der Waals surface area contributed by atoms with Crippen molar-refractivity contribution in [3.63, 3.8) is 0 Å². The molecular weight excluding hydrogens is 318 g/mol. The van der Waals surface area contributed by atoms with Crippen LogP contribution in [0.4, 0.5) is 5.69 Å². The van der Waals surface area contributed by atoms with Crippen LogP contribution in [0.25, 0.3) is 0 Å². The molecule has 4 nitrogen and oxygen atoms in total. The topological polar surface area (TPSA) is 58.4 Å². The molecule has 1 aromatic carbocycles. The Balaban J connectivity index is 2.10. The van der Waals surface area contributed by atoms with Gasteiger partial charge in [0.2, 0.25) is 5.91 Å². The van der Waals surface area contributed by atoms with E-state index in [4.69, 9.17) is 5.73 Å². The minimum absolute atomic E-state index is 0.398. The zero-order valence-electron chi connectivity index (χ0n) is 11.9. The Morgan fingerprint density at radius 1 is 1.45 bits per heavy atom. The lowest BCUT2D eigenvalue weighted by molar-refractivity contribution is 0.0999. The van der Waals surface area contributed by atoms with Gasteiger partial charge in [0.05, 0.1) is 5.56 Å². The fourth-order valence-electron chi connectivity index (χ4n) is 2.69. The Bertz CT molecular complexity index is 472. The van der Waals surface area contributed by atoms with Crippen molar-refractivity contribution in [3.05, 3.63) is 28.2 Å². The van der Waals surface area contributed by atoms with Crippen LogP contribution in [0, 0.1) is 5.92 Å². The van der Waals surface area contributed by atoms with E-state index in [1.165, 1.54) is 12.8 Å². The number of nitrogens with one attached hydrogen (secondary N) is 1. The molecule has 1 heterocycles. The van der Waals surface area contributed by atoms with Crippen LogP contribution in [0.2, 0.25) is 0 Å². The molecule has 1 aliphatic heterocycles. The van der Waals surface area contributed by atoms with Crippen molar-refractivity contribution in [2.75, 3.05) is 31.1 Å². The number of carbonyl (C=O) groups is 1. The molecule has 5 heteroatoms. The maximum absolute atomic E-state index is 11.3. The lowest BCUT2D eigenvalue weighted by atomic mass is 9.97. The molecule has 2 rings (SSSR count). The molecule has 1 aromatic rings. The molecule has 0 radical (unpaired) electrons. The lowest BCUT2D eigenvalue weighted by Crippen LogP contribution is -2.36. The SMILES string of the molecule is CCN(CC1CCNCC1)c1ccc(C(N)=O)c(Br)c1. The summed E-state index contributed by atoms with van der Waals surface area (Å²) in [4.78, 5) is 13.6. The quantitative estimate of drug-likeness (QED) is 0.865. The van der Waals surface area contributed by atoms with Crippen molar-refractivity contribution in [2.24, 2.45) is 11.7 Å². The fourth-order valence-corrected chi connectivity index (χ4v) is 3.26. The number of anilines is 1. The Labute approximate surface area is 128 Å². The van der Waals surface area contributed by atoms with Gasteiger partial charge in [-0.15, -0.1) is 0 Å². The summed E-state index contributed by atoms with van der Waals surface area (Å²) in [5.41, 5.74) is 7.01. The van der Waals surface area contributed by atoms with Crippen LogP contribution < -0.4 is 16.0 Å². The van der Waals surface area contributed by atoms with Gasteiger partial charge >= 0.3 is 0 Å². The minimum Gasteiger partial charge on any atom is -0.372 e. The van der Waals surface area contributed by atoms with Crippen LogP contribution in [0.15, 0.2) is 22.7 Å². The number of hydrogen-bond acceptors (Lipinski definition) is 3. The maximum Gasteiger partial charge on any atom is 0.249 e. The van der Waals surface area contributed by atoms with Gasteiger partial charge in [-0.2, -0.15) is 0 Å². The number of hydrogen-bond donors (Lipinski definition) is 2. The van der Waals surface area contributed by atoms with E-state index in [0.29, 0.717) is 5.56 Å². The standard InChI is InChI=1S/C15H22BrN3O/c1-2-19(10-11-5-7-18-8-6-11)12-3-4-13(15(17)20)14(16)9-12/h3-4,9,11,18H,2,5-8,10H2,1H3,(H2,17,20). The Hall–Kier alpha value is -1.07. The summed E-state index contributed by atoms with van der Waals surface area (Å²) in [6.07, 6.45) is 2.47. The number of nitrogens with zero attached hydrogens (tertiary/aromatic N) is 1. The highest BCUT2D eigenvalue weighted by Gasteiger charge is 2.17. The minimum atomic E-state index is -0.398. The Morgan fingerprint density at radius 3 is 2.70 bits per heavy atom. The van der Waals surface area contributed by atoms with Crippen molar-refractivity contribution < 1.29 is 4.79 Å². The third-order valence-corrected chi connectivity index (χ3v) is 4.56. The molecule has 0 atom stereocenters. The average Bonchev–Trinajstić information content (AvgIpc) is 2.45. The second-order valence-corrected chi connectivity index (χ2v) is 6.11. The van der Waals surface area contributed by atoms with Crippen molar-refractivity contribution in [1.29, 1.82) is 0 Å². The predicted octanol–water partition coefficient (Wildman–Crippen LogP) is 2.37. The zero-order valence-corrected chi connectivity index (χ0v) is 13.4. The van der Waals surface area contributed by atoms with E-state index in [-0.39, 0.29) is 0 Å². The smallest absolute Gasteiger partial charge is 0.249 e. The number of piperidine rings is 1. The van der Waals surface area contributed by atoms with Gasteiger partial charge in [0, 0.05) is 23.2 Å². The fraction of sp³-hybridized carbons (Fsp3) is 0.533. The van der Waals surface area contributed by atoms with Gasteiger partial charge in [0.25, 0.3) is 0 Å². The summed E-state index contributed by atoms with van der Waals surface area (Å²) < 4.78 is 0.770. The third kappa shape index (κ3) is 3.73. The molecule has 0 aliphatic carbocycles. The van der Waals surface area contributed by atoms with Crippen LogP contribution >= 0.6 is 15.9 Å². The molecule has 0 unspecified atom stereocenters. The Kier molecular flexibility index (Phi) is 5.43. The highest BCUT2D eigenvalue weighted by atomic mass is 79.9. The summed E-state index contributed by atoms with van der Waals surface area (Å²) in [5, 5.41) is 3.40. The van der Waals surface area contributed by atoms with E-state index < -0.39 is 5.91 Å². The maximum atomic E-state index is 11.3. The van der Waals surface area contributed by atoms with Gasteiger partial charge in [0.15, 0.2) is 0 Å². The van der Waals surface area contributed by atoms with E-state index in [9.17, 15) is 4.79 Å². The molecule has 110 valence electrons. The van der Waals surface area contributed by atoms with Crippen LogP contribution in [0.5, 0.6) is 0 Å². The number of halogens is 1. The lowest BCUT2D eigenvalue weighted by Gasteiger charge is -2.31. The number of amides is 1. The number of rotatable bonds is 5. The summed E-state index contributed by atoms with van der Waals surface area (Å²) in [7, 11) is 0. The van der Waals surface area contributed by atoms with Crippen LogP contribution in [0.3, 0.4) is 0 Å². The first kappa shape index (κ1) is 15.3. The van der Waals surface area contributed by atoms with Crippen LogP contribution in [-0.2, 0) is 0 Å². The van der Waals surface area contributed by atoms with Crippen LogP contribution in [0.1, 0.15) is 30.1 Å². The monoisotopic (exact) mass is 339 g/mol. The first-order chi connectivity index (χ1) is 9.61. The molecule has 3 N–H and O–H groups in total. The summed E-state index contributed by atoms with van der Waals surface area (Å²) in [5.74, 6) is 0.343. The number of carbonyl (C=O) groups excluding carboxylic acids is 1. The van der Waals surface area contributed by atoms with Gasteiger partial charge in [-0.1, -0.05) is 0 Å². The van der Waals surface area contributed by atoms with E-state index in [1.54, 1.807) is 6.07 Å². The van der Waals surface area contributed by atoms with Gasteiger partial charge in [-0.3, -0.25) is 4.79 Å². The molecule has 1 amide bonds. The highest BCUT2D eigenvalue weighted by Crippen LogP contribution is 2.25. The van der Waals surface area contributed by atoms with E-state index in [1.807, 2.05) is 12.1 Å². The zero-order chi connectivity index (χ0) is 14.5. The number of primary amides is 1. The van der Waals surface area contributed by atoms with Crippen molar-refractivity contribution in [1.82, 2.24) is 5.32 Å². The molecule has 0 aromatic heterocycles. The number of benzene rings is 1. The second kappa shape index (κ2) is 7.09. The van der Waals surface area contributed by atoms with Gasteiger partial charge in [-0.25, -0.2) is 0 Å². The molecule has 0 bridgehead atoms. The summed E-state index contributed by atoms with van der Waals surface area (Å²) in [6, 6.07) is 5.77. The molecule has 0 saturated carbocycles. The summed E-state index contributed by atoms with van der Waals surface area (Å²) in [6.45, 7) is 6.43. The van der Waals surface area contributed by atoms with E-state index >= 15 is 0 Å². The normalized spacial score (nSPS) is 16.1. The average molecular weight is 340 g/mol. The van der Waals surface area contributed by atoms with E-state index in [2.05, 4.69) is 33.1 Å². The summed E-state index contributed by atoms with van der Waals surface area (Å²) >= 11 is 3.43. The molecule has 0 spiro atoms. The molecule has 1 fully saturated rings. The van der Waals surface area contributed by atoms with Crippen molar-refractivity contribution in [2.45, 2.75) is 19.8 Å². The molecule has 20 heavy (non-hydrogen) atoms. The van der Waals surface area contributed by atoms with Crippen molar-refractivity contribution >= 4 is 27.5 Å². The Morgan fingerprint density at radius 2 is 2.15 bits per heavy atom. The largest absolute Gasteiger partial charge is 0.372 e. The van der Waals surface area contributed by atoms with Crippen molar-refractivity contribution in [3.8, 4) is 0 Å². The highest BCUT2D eigenvalue weighted by molar-refractivity contribution is 9.10. The van der Waals surface area contributed by atoms with Gasteiger partial charge < -0.3 is 16.0 Å². The van der Waals surface area contributed by atoms with E-state index in [0.717, 1.165) is 42.3 Å². The van der Waals surface area contributed by atoms with Gasteiger partial charge in [0.1, 0.15) is 0 Å². The third-order valence-electron chi connectivity index (χ3n) is 3.90.